The highest BCUT2D eigenvalue weighted by Crippen LogP contribution is 2.34. The van der Waals surface area contributed by atoms with Gasteiger partial charge >= 0.3 is 0 Å². The molecule has 1 nitrogen and oxygen atoms in total. The van der Waals surface area contributed by atoms with Crippen LogP contribution in [0.4, 0.5) is 0 Å². The van der Waals surface area contributed by atoms with Crippen molar-refractivity contribution in [3.63, 3.8) is 0 Å². The molecule has 0 heterocycles. The van der Waals surface area contributed by atoms with Crippen LogP contribution in [0, 0.1) is 23.7 Å². The molecule has 0 aliphatic heterocycles. The summed E-state index contributed by atoms with van der Waals surface area (Å²) in [6.45, 7) is 9.69. The second kappa shape index (κ2) is 7.11. The Labute approximate surface area is 120 Å². The highest BCUT2D eigenvalue weighted by molar-refractivity contribution is 4.90. The monoisotopic (exact) mass is 265 g/mol. The highest BCUT2D eigenvalue weighted by atomic mass is 15.0. The van der Waals surface area contributed by atoms with Gasteiger partial charge in [-0.3, -0.25) is 0 Å². The highest BCUT2D eigenvalue weighted by Gasteiger charge is 2.33. The summed E-state index contributed by atoms with van der Waals surface area (Å²) in [5.41, 5.74) is 0. The molecule has 112 valence electrons. The maximum atomic E-state index is 4.12. The molecule has 0 radical (unpaired) electrons. The van der Waals surface area contributed by atoms with E-state index in [1.165, 1.54) is 51.4 Å². The molecule has 0 bridgehead atoms. The third-order valence-electron chi connectivity index (χ3n) is 5.78. The molecule has 0 aromatic heterocycles. The van der Waals surface area contributed by atoms with Crippen molar-refractivity contribution in [1.29, 1.82) is 0 Å². The Kier molecular flexibility index (Phi) is 5.74. The Balaban J connectivity index is 1.96. The molecule has 0 spiro atoms. The van der Waals surface area contributed by atoms with E-state index in [1.54, 1.807) is 0 Å². The van der Waals surface area contributed by atoms with Crippen LogP contribution in [0.1, 0.15) is 79.1 Å². The van der Waals surface area contributed by atoms with Crippen LogP contribution in [0.15, 0.2) is 0 Å². The zero-order valence-electron chi connectivity index (χ0n) is 13.6. The molecule has 4 atom stereocenters. The summed E-state index contributed by atoms with van der Waals surface area (Å²) in [6.07, 6.45) is 11.6. The van der Waals surface area contributed by atoms with Gasteiger partial charge in [-0.15, -0.1) is 0 Å². The Morgan fingerprint density at radius 2 is 1.00 bits per heavy atom. The summed E-state index contributed by atoms with van der Waals surface area (Å²) >= 11 is 0. The number of rotatable bonds is 4. The van der Waals surface area contributed by atoms with Crippen molar-refractivity contribution in [2.24, 2.45) is 23.7 Å². The zero-order chi connectivity index (χ0) is 13.8. The van der Waals surface area contributed by atoms with Gasteiger partial charge in [-0.05, 0) is 49.4 Å². The lowest BCUT2D eigenvalue weighted by molar-refractivity contribution is 0.137. The van der Waals surface area contributed by atoms with Gasteiger partial charge in [-0.25, -0.2) is 0 Å². The second-order valence-corrected chi connectivity index (χ2v) is 7.76. The smallest absolute Gasteiger partial charge is 0.0100 e. The van der Waals surface area contributed by atoms with Crippen LogP contribution in [-0.2, 0) is 0 Å². The number of hydrogen-bond acceptors (Lipinski definition) is 1. The van der Waals surface area contributed by atoms with Crippen LogP contribution in [0.5, 0.6) is 0 Å². The summed E-state index contributed by atoms with van der Waals surface area (Å²) in [6, 6.07) is 1.61. The standard InChI is InChI=1S/C18H35N/c1-13(2)15-9-5-7-11-17(15)19-18-12-8-6-10-16(18)14(3)4/h13-19H,5-12H2,1-4H3/t15-,16+,17-,18-/m1/s1. The molecule has 0 unspecified atom stereocenters. The molecule has 0 aromatic rings. The fourth-order valence-electron chi connectivity index (χ4n) is 4.60. The molecule has 2 aliphatic rings. The fraction of sp³-hybridized carbons (Fsp3) is 1.00. The van der Waals surface area contributed by atoms with Crippen molar-refractivity contribution in [2.45, 2.75) is 91.1 Å². The lowest BCUT2D eigenvalue weighted by atomic mass is 9.74. The van der Waals surface area contributed by atoms with Gasteiger partial charge in [0, 0.05) is 12.1 Å². The fourth-order valence-corrected chi connectivity index (χ4v) is 4.60. The van der Waals surface area contributed by atoms with Gasteiger partial charge in [0.15, 0.2) is 0 Å². The van der Waals surface area contributed by atoms with Gasteiger partial charge < -0.3 is 5.32 Å². The molecule has 0 aromatic carbocycles. The Morgan fingerprint density at radius 1 is 0.632 bits per heavy atom. The van der Waals surface area contributed by atoms with Gasteiger partial charge in [0.1, 0.15) is 0 Å². The van der Waals surface area contributed by atoms with Crippen molar-refractivity contribution in [1.82, 2.24) is 5.32 Å². The molecule has 1 heteroatoms. The van der Waals surface area contributed by atoms with Crippen molar-refractivity contribution < 1.29 is 0 Å². The molecule has 0 saturated heterocycles. The minimum absolute atomic E-state index is 0.804. The summed E-state index contributed by atoms with van der Waals surface area (Å²) in [5.74, 6) is 3.53. The first-order valence-corrected chi connectivity index (χ1v) is 8.85. The SMILES string of the molecule is CC(C)[C@H]1CCCC[C@H]1N[C@@H]1CCCC[C@H]1C(C)C. The summed E-state index contributed by atoms with van der Waals surface area (Å²) < 4.78 is 0. The van der Waals surface area contributed by atoms with E-state index >= 15 is 0 Å². The van der Waals surface area contributed by atoms with Crippen LogP contribution in [0.3, 0.4) is 0 Å². The van der Waals surface area contributed by atoms with E-state index in [4.69, 9.17) is 0 Å². The Bertz CT molecular complexity index is 232. The summed E-state index contributed by atoms with van der Waals surface area (Å²) in [4.78, 5) is 0. The average Bonchev–Trinajstić information content (AvgIpc) is 2.39. The molecule has 19 heavy (non-hydrogen) atoms. The number of hydrogen-bond donors (Lipinski definition) is 1. The molecule has 2 rings (SSSR count). The van der Waals surface area contributed by atoms with Gasteiger partial charge in [0.2, 0.25) is 0 Å². The van der Waals surface area contributed by atoms with Crippen LogP contribution in [-0.4, -0.2) is 12.1 Å². The van der Waals surface area contributed by atoms with Crippen LogP contribution >= 0.6 is 0 Å². The van der Waals surface area contributed by atoms with Crippen molar-refractivity contribution in [3.8, 4) is 0 Å². The van der Waals surface area contributed by atoms with Gasteiger partial charge in [0.05, 0.1) is 0 Å². The molecule has 1 N–H and O–H groups in total. The zero-order valence-corrected chi connectivity index (χ0v) is 13.6. The normalized spacial score (nSPS) is 36.9. The first-order valence-electron chi connectivity index (χ1n) is 8.85. The van der Waals surface area contributed by atoms with E-state index in [0.717, 1.165) is 35.8 Å². The molecule has 0 amide bonds. The topological polar surface area (TPSA) is 12.0 Å². The second-order valence-electron chi connectivity index (χ2n) is 7.76. The van der Waals surface area contributed by atoms with E-state index in [0.29, 0.717) is 0 Å². The summed E-state index contributed by atoms with van der Waals surface area (Å²) in [5, 5.41) is 4.12. The van der Waals surface area contributed by atoms with Crippen LogP contribution in [0.25, 0.3) is 0 Å². The minimum atomic E-state index is 0.804. The summed E-state index contributed by atoms with van der Waals surface area (Å²) in [7, 11) is 0. The van der Waals surface area contributed by atoms with E-state index in [2.05, 4.69) is 33.0 Å². The first kappa shape index (κ1) is 15.4. The van der Waals surface area contributed by atoms with Gasteiger partial charge in [0.25, 0.3) is 0 Å². The van der Waals surface area contributed by atoms with Crippen molar-refractivity contribution >= 4 is 0 Å². The largest absolute Gasteiger partial charge is 0.311 e. The molecule has 2 saturated carbocycles. The Hall–Kier alpha value is -0.0400. The van der Waals surface area contributed by atoms with E-state index in [9.17, 15) is 0 Å². The van der Waals surface area contributed by atoms with Gasteiger partial charge in [-0.2, -0.15) is 0 Å². The predicted molar refractivity (Wildman–Crippen MR) is 84.3 cm³/mol. The third-order valence-corrected chi connectivity index (χ3v) is 5.78. The predicted octanol–water partition coefficient (Wildman–Crippen LogP) is 5.01. The molecular formula is C18H35N. The van der Waals surface area contributed by atoms with Crippen LogP contribution in [0.2, 0.25) is 0 Å². The van der Waals surface area contributed by atoms with Crippen LogP contribution < -0.4 is 5.32 Å². The molecular weight excluding hydrogens is 230 g/mol. The lowest BCUT2D eigenvalue weighted by Crippen LogP contribution is -2.50. The van der Waals surface area contributed by atoms with E-state index < -0.39 is 0 Å². The van der Waals surface area contributed by atoms with Gasteiger partial charge in [-0.1, -0.05) is 53.4 Å². The lowest BCUT2D eigenvalue weighted by Gasteiger charge is -2.42. The van der Waals surface area contributed by atoms with E-state index in [1.807, 2.05) is 0 Å². The minimum Gasteiger partial charge on any atom is -0.311 e. The molecule has 2 fully saturated rings. The number of nitrogens with one attached hydrogen (secondary N) is 1. The maximum Gasteiger partial charge on any atom is 0.0100 e. The molecule has 2 aliphatic carbocycles. The Morgan fingerprint density at radius 3 is 1.37 bits per heavy atom. The van der Waals surface area contributed by atoms with E-state index in [-0.39, 0.29) is 0 Å². The van der Waals surface area contributed by atoms with Crippen molar-refractivity contribution in [3.05, 3.63) is 0 Å². The quantitative estimate of drug-likeness (QED) is 0.754. The van der Waals surface area contributed by atoms with Crippen molar-refractivity contribution in [2.75, 3.05) is 0 Å². The first-order chi connectivity index (χ1) is 9.09. The maximum absolute atomic E-state index is 4.12. The average molecular weight is 265 g/mol. The third kappa shape index (κ3) is 3.97.